The highest BCUT2D eigenvalue weighted by Crippen LogP contribution is 2.48. The van der Waals surface area contributed by atoms with Gasteiger partial charge in [-0.15, -0.1) is 0 Å². The second-order valence-electron chi connectivity index (χ2n) is 17.4. The summed E-state index contributed by atoms with van der Waals surface area (Å²) in [7, 11) is -8.28. The standard InChI is InChI=1S/C60H54O10P4/c1-67-45-9-21-51(22-10-45)71(63,49-17-5-43(41-61)6-18-49)55-29-35-58(36-30-55)74(66,59-37-31-56(32-38-59)72(64,50-19-7-44(42-62)8-20-50)52-23-11-46(68-2)12-24-52)60-39-33-57(34-40-60)73(65,53-25-13-47(69-3)14-26-53)54-27-15-48(70-4)16-28-54/h5-40,61-62H,41-42H2,1-4H3. The summed E-state index contributed by atoms with van der Waals surface area (Å²) in [4.78, 5) is 0. The minimum absolute atomic E-state index is 0.170. The van der Waals surface area contributed by atoms with Gasteiger partial charge in [0.15, 0.2) is 28.6 Å². The summed E-state index contributed by atoms with van der Waals surface area (Å²) in [5, 5.41) is 25.9. The Bertz CT molecular complexity index is 3030. The lowest BCUT2D eigenvalue weighted by Crippen LogP contribution is -2.31. The van der Waals surface area contributed by atoms with Crippen molar-refractivity contribution in [3.8, 4) is 23.0 Å². The van der Waals surface area contributed by atoms with Crippen molar-refractivity contribution >= 4 is 92.2 Å². The van der Waals surface area contributed by atoms with Crippen molar-refractivity contribution in [2.75, 3.05) is 28.4 Å². The summed E-state index contributed by atoms with van der Waals surface area (Å²) in [6, 6.07) is 63.6. The van der Waals surface area contributed by atoms with E-state index in [-0.39, 0.29) is 13.2 Å². The fourth-order valence-corrected chi connectivity index (χ4v) is 19.6. The van der Waals surface area contributed by atoms with E-state index in [1.54, 1.807) is 247 Å². The molecule has 2 N–H and O–H groups in total. The van der Waals surface area contributed by atoms with Gasteiger partial charge in [0.05, 0.1) is 41.7 Å². The largest absolute Gasteiger partial charge is 0.497 e. The highest BCUT2D eigenvalue weighted by molar-refractivity contribution is 7.87. The predicted molar refractivity (Wildman–Crippen MR) is 302 cm³/mol. The van der Waals surface area contributed by atoms with E-state index in [9.17, 15) is 10.2 Å². The van der Waals surface area contributed by atoms with Gasteiger partial charge in [0, 0.05) is 63.7 Å². The Kier molecular flexibility index (Phi) is 15.3. The van der Waals surface area contributed by atoms with E-state index >= 15 is 18.3 Å². The zero-order chi connectivity index (χ0) is 52.1. The van der Waals surface area contributed by atoms with Gasteiger partial charge in [-0.05, 0) is 108 Å². The Morgan fingerprint density at radius 2 is 0.365 bits per heavy atom. The molecule has 2 atom stereocenters. The van der Waals surface area contributed by atoms with Crippen molar-refractivity contribution in [1.82, 2.24) is 0 Å². The molecule has 0 heterocycles. The number of ether oxygens (including phenoxy) is 4. The van der Waals surface area contributed by atoms with Crippen LogP contribution in [0.25, 0.3) is 0 Å². The summed E-state index contributed by atoms with van der Waals surface area (Å²) in [5.41, 5.74) is 1.35. The topological polar surface area (TPSA) is 146 Å². The second-order valence-corrected chi connectivity index (χ2v) is 28.5. The minimum Gasteiger partial charge on any atom is -0.497 e. The first-order valence-corrected chi connectivity index (χ1v) is 30.4. The average Bonchev–Trinajstić information content (AvgIpc) is 3.48. The normalized spacial score (nSPS) is 13.9. The van der Waals surface area contributed by atoms with Crippen LogP contribution in [0.15, 0.2) is 218 Å². The zero-order valence-corrected chi connectivity index (χ0v) is 44.7. The monoisotopic (exact) mass is 1060 g/mol. The molecule has 0 saturated carbocycles. The van der Waals surface area contributed by atoms with Gasteiger partial charge < -0.3 is 47.4 Å². The lowest BCUT2D eigenvalue weighted by molar-refractivity contribution is 0.281. The maximum absolute atomic E-state index is 16.6. The third-order valence-electron chi connectivity index (χ3n) is 13.4. The number of hydrogen-bond donors (Lipinski definition) is 2. The molecule has 10 nitrogen and oxygen atoms in total. The van der Waals surface area contributed by atoms with Gasteiger partial charge in [-0.1, -0.05) is 121 Å². The SMILES string of the molecule is COc1ccc(P(=O)(c2ccc(CO)cc2)c2ccc(P(=O)(c3ccc(P(=O)(c4ccc(CO)cc4)c4ccc(OC)cc4)cc3)c3ccc(P(=O)(c4ccc(OC)cc4)c4ccc(OC)cc4)cc3)cc2)cc1. The van der Waals surface area contributed by atoms with Gasteiger partial charge in [-0.25, -0.2) is 0 Å². The van der Waals surface area contributed by atoms with Gasteiger partial charge >= 0.3 is 0 Å². The van der Waals surface area contributed by atoms with Crippen LogP contribution in [-0.4, -0.2) is 38.7 Å². The second kappa shape index (κ2) is 21.9. The third kappa shape index (κ3) is 9.55. The molecular weight excluding hydrogens is 1000 g/mol. The molecule has 9 aromatic rings. The van der Waals surface area contributed by atoms with Gasteiger partial charge in [0.25, 0.3) is 0 Å². The Morgan fingerprint density at radius 3 is 0.486 bits per heavy atom. The Labute approximate surface area is 431 Å². The van der Waals surface area contributed by atoms with Crippen molar-refractivity contribution in [2.24, 2.45) is 0 Å². The summed E-state index contributed by atoms with van der Waals surface area (Å²) < 4.78 is 85.6. The van der Waals surface area contributed by atoms with Crippen LogP contribution in [-0.2, 0) is 31.5 Å². The Hall–Kier alpha value is -6.98. The molecule has 2 unspecified atom stereocenters. The van der Waals surface area contributed by atoms with Crippen LogP contribution in [0.4, 0.5) is 0 Å². The van der Waals surface area contributed by atoms with E-state index in [0.717, 1.165) is 0 Å². The maximum atomic E-state index is 16.6. The molecule has 0 amide bonds. The lowest BCUT2D eigenvalue weighted by Gasteiger charge is -2.25. The molecule has 0 bridgehead atoms. The number of rotatable bonds is 18. The number of methoxy groups -OCH3 is 4. The smallest absolute Gasteiger partial charge is 0.171 e. The van der Waals surface area contributed by atoms with Gasteiger partial charge in [0.1, 0.15) is 23.0 Å². The van der Waals surface area contributed by atoms with Crippen molar-refractivity contribution in [2.45, 2.75) is 13.2 Å². The number of hydrogen-bond acceptors (Lipinski definition) is 10. The van der Waals surface area contributed by atoms with E-state index in [4.69, 9.17) is 18.9 Å². The number of benzene rings is 9. The molecule has 0 radical (unpaired) electrons. The molecule has 74 heavy (non-hydrogen) atoms. The van der Waals surface area contributed by atoms with Crippen LogP contribution >= 0.6 is 28.6 Å². The number of aliphatic hydroxyl groups excluding tert-OH is 2. The number of aliphatic hydroxyl groups is 2. The highest BCUT2D eigenvalue weighted by Gasteiger charge is 2.37. The molecule has 0 aliphatic carbocycles. The van der Waals surface area contributed by atoms with Crippen LogP contribution in [0.2, 0.25) is 0 Å². The van der Waals surface area contributed by atoms with Crippen LogP contribution < -0.4 is 82.6 Å². The van der Waals surface area contributed by atoms with Crippen LogP contribution in [0.1, 0.15) is 11.1 Å². The van der Waals surface area contributed by atoms with E-state index in [2.05, 4.69) is 0 Å². The molecule has 9 aromatic carbocycles. The van der Waals surface area contributed by atoms with Crippen LogP contribution in [0, 0.1) is 0 Å². The molecule has 0 saturated heterocycles. The van der Waals surface area contributed by atoms with Gasteiger partial charge in [-0.2, -0.15) is 0 Å². The highest BCUT2D eigenvalue weighted by atomic mass is 31.2. The van der Waals surface area contributed by atoms with E-state index in [0.29, 0.717) is 97.8 Å². The van der Waals surface area contributed by atoms with Gasteiger partial charge in [0.2, 0.25) is 0 Å². The molecule has 0 aliphatic rings. The first-order chi connectivity index (χ1) is 35.9. The molecular formula is C60H54O10P4. The summed E-state index contributed by atoms with van der Waals surface area (Å²) in [6.07, 6.45) is 0. The molecule has 374 valence electrons. The summed E-state index contributed by atoms with van der Waals surface area (Å²) >= 11 is 0. The van der Waals surface area contributed by atoms with Crippen LogP contribution in [0.3, 0.4) is 0 Å². The zero-order valence-electron chi connectivity index (χ0n) is 41.1. The molecule has 14 heteroatoms. The fourth-order valence-electron chi connectivity index (χ4n) is 9.20. The van der Waals surface area contributed by atoms with Crippen LogP contribution in [0.5, 0.6) is 23.0 Å². The Morgan fingerprint density at radius 1 is 0.243 bits per heavy atom. The van der Waals surface area contributed by atoms with Crippen molar-refractivity contribution < 1.29 is 47.4 Å². The Balaban J connectivity index is 1.21. The van der Waals surface area contributed by atoms with Crippen molar-refractivity contribution in [1.29, 1.82) is 0 Å². The summed E-state index contributed by atoms with van der Waals surface area (Å²) in [6.45, 7) is -0.341. The quantitative estimate of drug-likeness (QED) is 0.0843. The molecule has 0 fully saturated rings. The summed E-state index contributed by atoms with van der Waals surface area (Å²) in [5.74, 6) is 2.44. The first kappa shape index (κ1) is 51.9. The van der Waals surface area contributed by atoms with Crippen molar-refractivity contribution in [3.63, 3.8) is 0 Å². The van der Waals surface area contributed by atoms with Crippen molar-refractivity contribution in [3.05, 3.63) is 230 Å². The molecule has 9 rings (SSSR count). The molecule has 0 aromatic heterocycles. The van der Waals surface area contributed by atoms with E-state index in [1.165, 1.54) is 0 Å². The minimum atomic E-state index is -3.88. The molecule has 0 aliphatic heterocycles. The molecule has 0 spiro atoms. The maximum Gasteiger partial charge on any atom is 0.171 e. The predicted octanol–water partition coefficient (Wildman–Crippen LogP) is 7.26. The van der Waals surface area contributed by atoms with E-state index in [1.807, 2.05) is 0 Å². The lowest BCUT2D eigenvalue weighted by atomic mass is 10.2. The van der Waals surface area contributed by atoms with Gasteiger partial charge in [-0.3, -0.25) is 0 Å². The average molecular weight is 1060 g/mol. The fraction of sp³-hybridized carbons (Fsp3) is 0.100. The third-order valence-corrected chi connectivity index (χ3v) is 25.7. The van der Waals surface area contributed by atoms with E-state index < -0.39 is 28.6 Å². The first-order valence-electron chi connectivity index (χ1n) is 23.6.